The summed E-state index contributed by atoms with van der Waals surface area (Å²) in [7, 11) is 0. The Labute approximate surface area is 214 Å². The molecule has 0 atom stereocenters. The van der Waals surface area contributed by atoms with E-state index < -0.39 is 0 Å². The second kappa shape index (κ2) is 29.1. The Morgan fingerprint density at radius 3 is 1.20 bits per heavy atom. The fourth-order valence-corrected chi connectivity index (χ4v) is 3.71. The first-order valence-corrected chi connectivity index (χ1v) is 14.2. The molecule has 0 aromatic rings. The van der Waals surface area contributed by atoms with Gasteiger partial charge >= 0.3 is 11.9 Å². The average molecular weight is 503 g/mol. The van der Waals surface area contributed by atoms with Gasteiger partial charge in [-0.25, -0.2) is 0 Å². The third-order valence-corrected chi connectivity index (χ3v) is 5.75. The first-order valence-electron chi connectivity index (χ1n) is 14.2. The molecule has 0 bridgehead atoms. The van der Waals surface area contributed by atoms with Gasteiger partial charge in [-0.3, -0.25) is 9.59 Å². The maximum absolute atomic E-state index is 11.8. The van der Waals surface area contributed by atoms with Crippen molar-refractivity contribution in [1.82, 2.24) is 0 Å². The summed E-state index contributed by atoms with van der Waals surface area (Å²) in [6.07, 6.45) is 20.3. The van der Waals surface area contributed by atoms with Crippen LogP contribution in [0.25, 0.3) is 0 Å². The molecule has 0 aromatic heterocycles. The van der Waals surface area contributed by atoms with Gasteiger partial charge in [-0.1, -0.05) is 96.8 Å². The predicted molar refractivity (Wildman–Crippen MR) is 140 cm³/mol. The van der Waals surface area contributed by atoms with E-state index in [-0.39, 0.29) is 25.2 Å². The Morgan fingerprint density at radius 1 is 0.457 bits per heavy atom. The van der Waals surface area contributed by atoms with Gasteiger partial charge in [-0.15, -0.1) is 0 Å². The second-order valence-corrected chi connectivity index (χ2v) is 9.10. The van der Waals surface area contributed by atoms with Crippen molar-refractivity contribution in [1.29, 1.82) is 0 Å². The van der Waals surface area contributed by atoms with Gasteiger partial charge in [0.05, 0.1) is 39.6 Å². The molecule has 7 nitrogen and oxygen atoms in total. The SMILES string of the molecule is CCCCCCCCCCCCCCCCCC(=O)OCCOCCOCCOCCOC(C)=O. The van der Waals surface area contributed by atoms with E-state index in [0.29, 0.717) is 46.1 Å². The zero-order valence-corrected chi connectivity index (χ0v) is 22.8. The van der Waals surface area contributed by atoms with Gasteiger partial charge in [-0.2, -0.15) is 0 Å². The molecule has 0 aromatic carbocycles. The highest BCUT2D eigenvalue weighted by atomic mass is 16.6. The van der Waals surface area contributed by atoms with E-state index in [1.54, 1.807) is 0 Å². The van der Waals surface area contributed by atoms with Crippen LogP contribution in [-0.4, -0.2) is 64.8 Å². The van der Waals surface area contributed by atoms with Crippen LogP contribution in [0, 0.1) is 0 Å². The summed E-state index contributed by atoms with van der Waals surface area (Å²) in [6, 6.07) is 0. The fourth-order valence-electron chi connectivity index (χ4n) is 3.71. The van der Waals surface area contributed by atoms with Gasteiger partial charge < -0.3 is 23.7 Å². The van der Waals surface area contributed by atoms with Gasteiger partial charge in [0.1, 0.15) is 13.2 Å². The van der Waals surface area contributed by atoms with Crippen molar-refractivity contribution < 1.29 is 33.3 Å². The highest BCUT2D eigenvalue weighted by Gasteiger charge is 2.03. The van der Waals surface area contributed by atoms with E-state index in [1.165, 1.54) is 90.4 Å². The first kappa shape index (κ1) is 33.8. The topological polar surface area (TPSA) is 80.3 Å². The minimum atomic E-state index is -0.308. The first-order chi connectivity index (χ1) is 17.2. The quantitative estimate of drug-likeness (QED) is 0.0904. The molecule has 35 heavy (non-hydrogen) atoms. The number of hydrogen-bond acceptors (Lipinski definition) is 7. The Kier molecular flexibility index (Phi) is 28.1. The van der Waals surface area contributed by atoms with E-state index in [9.17, 15) is 9.59 Å². The fraction of sp³-hybridized carbons (Fsp3) is 0.929. The number of carbonyl (C=O) groups is 2. The molecule has 0 fully saturated rings. The Bertz CT molecular complexity index is 457. The second-order valence-electron chi connectivity index (χ2n) is 9.10. The predicted octanol–water partition coefficient (Wildman–Crippen LogP) is 6.40. The van der Waals surface area contributed by atoms with Gasteiger partial charge in [0, 0.05) is 13.3 Å². The lowest BCUT2D eigenvalue weighted by atomic mass is 10.0. The van der Waals surface area contributed by atoms with Crippen LogP contribution in [-0.2, 0) is 33.3 Å². The smallest absolute Gasteiger partial charge is 0.305 e. The molecule has 0 saturated heterocycles. The van der Waals surface area contributed by atoms with Gasteiger partial charge in [-0.05, 0) is 6.42 Å². The highest BCUT2D eigenvalue weighted by Crippen LogP contribution is 2.13. The van der Waals surface area contributed by atoms with Crippen molar-refractivity contribution >= 4 is 11.9 Å². The van der Waals surface area contributed by atoms with Crippen LogP contribution in [0.4, 0.5) is 0 Å². The lowest BCUT2D eigenvalue weighted by Crippen LogP contribution is -2.14. The normalized spacial score (nSPS) is 11.0. The zero-order chi connectivity index (χ0) is 25.7. The molecule has 0 rings (SSSR count). The molecule has 208 valence electrons. The van der Waals surface area contributed by atoms with Crippen LogP contribution in [0.3, 0.4) is 0 Å². The molecule has 0 aliphatic heterocycles. The maximum atomic E-state index is 11.8. The maximum Gasteiger partial charge on any atom is 0.305 e. The number of unbranched alkanes of at least 4 members (excludes halogenated alkanes) is 14. The van der Waals surface area contributed by atoms with E-state index >= 15 is 0 Å². The van der Waals surface area contributed by atoms with Crippen molar-refractivity contribution in [2.75, 3.05) is 52.9 Å². The summed E-state index contributed by atoms with van der Waals surface area (Å²) in [4.78, 5) is 22.3. The van der Waals surface area contributed by atoms with Crippen LogP contribution in [0.1, 0.15) is 117 Å². The van der Waals surface area contributed by atoms with Gasteiger partial charge in [0.2, 0.25) is 0 Å². The largest absolute Gasteiger partial charge is 0.463 e. The Balaban J connectivity index is 3.15. The van der Waals surface area contributed by atoms with Crippen molar-refractivity contribution in [2.24, 2.45) is 0 Å². The molecule has 0 spiro atoms. The summed E-state index contributed by atoms with van der Waals surface area (Å²) >= 11 is 0. The van der Waals surface area contributed by atoms with Crippen LogP contribution < -0.4 is 0 Å². The average Bonchev–Trinajstić information content (AvgIpc) is 2.84. The zero-order valence-electron chi connectivity index (χ0n) is 22.8. The summed E-state index contributed by atoms with van der Waals surface area (Å²) in [5.74, 6) is -0.442. The third kappa shape index (κ3) is 30.8. The monoisotopic (exact) mass is 502 g/mol. The number of hydrogen-bond donors (Lipinski definition) is 0. The summed E-state index contributed by atoms with van der Waals surface area (Å²) in [5, 5.41) is 0. The van der Waals surface area contributed by atoms with E-state index in [1.807, 2.05) is 0 Å². The minimum absolute atomic E-state index is 0.134. The molecule has 0 saturated carbocycles. The van der Waals surface area contributed by atoms with Crippen LogP contribution in [0.5, 0.6) is 0 Å². The molecule has 0 N–H and O–H groups in total. The third-order valence-electron chi connectivity index (χ3n) is 5.75. The number of carbonyl (C=O) groups excluding carboxylic acids is 2. The molecular formula is C28H54O7. The van der Waals surface area contributed by atoms with Crippen molar-refractivity contribution in [3.05, 3.63) is 0 Å². The Hall–Kier alpha value is -1.18. The highest BCUT2D eigenvalue weighted by molar-refractivity contribution is 5.69. The standard InChI is InChI=1S/C28H54O7/c1-3-4-5-6-7-8-9-10-11-12-13-14-15-16-17-18-28(30)35-26-24-33-22-20-31-19-21-32-23-25-34-27(2)29/h3-26H2,1-2H3. The van der Waals surface area contributed by atoms with Crippen molar-refractivity contribution in [3.63, 3.8) is 0 Å². The number of rotatable bonds is 28. The van der Waals surface area contributed by atoms with Crippen molar-refractivity contribution in [3.8, 4) is 0 Å². The van der Waals surface area contributed by atoms with Crippen LogP contribution >= 0.6 is 0 Å². The Morgan fingerprint density at radius 2 is 0.800 bits per heavy atom. The van der Waals surface area contributed by atoms with E-state index in [2.05, 4.69) is 6.92 Å². The molecule has 0 amide bonds. The van der Waals surface area contributed by atoms with Crippen LogP contribution in [0.2, 0.25) is 0 Å². The molecule has 0 radical (unpaired) electrons. The molecule has 0 aliphatic carbocycles. The molecule has 0 aliphatic rings. The molecular weight excluding hydrogens is 448 g/mol. The van der Waals surface area contributed by atoms with Crippen LogP contribution in [0.15, 0.2) is 0 Å². The number of esters is 2. The summed E-state index contributed by atoms with van der Waals surface area (Å²) < 4.78 is 25.9. The van der Waals surface area contributed by atoms with E-state index in [4.69, 9.17) is 23.7 Å². The van der Waals surface area contributed by atoms with E-state index in [0.717, 1.165) is 12.8 Å². The summed E-state index contributed by atoms with van der Waals surface area (Å²) in [5.41, 5.74) is 0. The molecule has 0 heterocycles. The van der Waals surface area contributed by atoms with Gasteiger partial charge in [0.25, 0.3) is 0 Å². The van der Waals surface area contributed by atoms with Crippen molar-refractivity contribution in [2.45, 2.75) is 117 Å². The minimum Gasteiger partial charge on any atom is -0.463 e. The molecule has 7 heteroatoms. The molecule has 0 unspecified atom stereocenters. The lowest BCUT2D eigenvalue weighted by molar-refractivity contribution is -0.145. The lowest BCUT2D eigenvalue weighted by Gasteiger charge is -2.08. The number of ether oxygens (including phenoxy) is 5. The van der Waals surface area contributed by atoms with Gasteiger partial charge in [0.15, 0.2) is 0 Å². The summed E-state index contributed by atoms with van der Waals surface area (Å²) in [6.45, 7) is 6.74.